The maximum Gasteiger partial charge on any atom is 0.408 e. The third-order valence-electron chi connectivity index (χ3n) is 7.74. The summed E-state index contributed by atoms with van der Waals surface area (Å²) in [6.07, 6.45) is 0.346. The van der Waals surface area contributed by atoms with E-state index in [2.05, 4.69) is 50.4 Å². The third kappa shape index (κ3) is 7.64. The van der Waals surface area contributed by atoms with Crippen LogP contribution >= 0.6 is 0 Å². The Kier molecular flexibility index (Phi) is 10.4. The first-order valence-corrected chi connectivity index (χ1v) is 14.9. The molecule has 12 heteroatoms. The highest BCUT2D eigenvalue weighted by molar-refractivity contribution is 5.79. The van der Waals surface area contributed by atoms with Crippen LogP contribution in [-0.4, -0.2) is 58.6 Å². The average molecular weight is 613 g/mol. The molecule has 45 heavy (non-hydrogen) atoms. The largest absolute Gasteiger partial charge is 0.467 e. The number of benzene rings is 3. The highest BCUT2D eigenvalue weighted by atomic mass is 16.6. The number of unbranched alkanes of at least 4 members (excludes halogenated alkanes) is 1. The van der Waals surface area contributed by atoms with E-state index in [1.165, 1.54) is 22.9 Å². The van der Waals surface area contributed by atoms with Gasteiger partial charge in [0.1, 0.15) is 13.2 Å². The van der Waals surface area contributed by atoms with E-state index in [4.69, 9.17) is 14.2 Å². The molecule has 12 nitrogen and oxygen atoms in total. The minimum atomic E-state index is -0.820. The number of aromatic nitrogens is 4. The Hall–Kier alpha value is -5.26. The van der Waals surface area contributed by atoms with Gasteiger partial charge in [0, 0.05) is 12.5 Å². The fourth-order valence-electron chi connectivity index (χ4n) is 5.49. The van der Waals surface area contributed by atoms with E-state index in [0.717, 1.165) is 16.7 Å². The van der Waals surface area contributed by atoms with Crippen molar-refractivity contribution in [1.29, 1.82) is 0 Å². The van der Waals surface area contributed by atoms with Gasteiger partial charge in [-0.05, 0) is 64.4 Å². The van der Waals surface area contributed by atoms with Gasteiger partial charge in [-0.2, -0.15) is 0 Å². The van der Waals surface area contributed by atoms with Crippen molar-refractivity contribution in [1.82, 2.24) is 30.8 Å². The second-order valence-corrected chi connectivity index (χ2v) is 10.7. The maximum atomic E-state index is 12.7. The fraction of sp³-hybridized carbons (Fsp3) is 0.333. The number of nitrogens with zero attached hydrogens (tertiary/aromatic N) is 4. The number of rotatable bonds is 13. The minimum absolute atomic E-state index is 0.0166. The first-order chi connectivity index (χ1) is 22.0. The number of carbonyl (C=O) groups excluding carboxylic acids is 3. The number of tetrazole rings is 1. The maximum absolute atomic E-state index is 12.7. The molecule has 1 heterocycles. The molecule has 0 radical (unpaired) electrons. The van der Waals surface area contributed by atoms with Crippen molar-refractivity contribution in [2.45, 2.75) is 50.8 Å². The summed E-state index contributed by atoms with van der Waals surface area (Å²) in [7, 11) is 1.29. The lowest BCUT2D eigenvalue weighted by molar-refractivity contribution is -0.145. The van der Waals surface area contributed by atoms with Gasteiger partial charge in [0.2, 0.25) is 0 Å². The topological polar surface area (TPSA) is 147 Å². The van der Waals surface area contributed by atoms with E-state index in [-0.39, 0.29) is 25.0 Å². The van der Waals surface area contributed by atoms with Gasteiger partial charge in [-0.3, -0.25) is 0 Å². The van der Waals surface area contributed by atoms with Crippen molar-refractivity contribution in [3.8, 4) is 11.1 Å². The van der Waals surface area contributed by atoms with Crippen LogP contribution in [0.25, 0.3) is 11.1 Å². The van der Waals surface area contributed by atoms with Crippen LogP contribution in [0.5, 0.6) is 0 Å². The summed E-state index contributed by atoms with van der Waals surface area (Å²) < 4.78 is 17.3. The van der Waals surface area contributed by atoms with E-state index in [0.29, 0.717) is 25.8 Å². The summed E-state index contributed by atoms with van der Waals surface area (Å²) in [6.45, 7) is 2.40. The molecule has 234 valence electrons. The van der Waals surface area contributed by atoms with Gasteiger partial charge < -0.3 is 24.8 Å². The number of fused-ring (bicyclic) bond motifs is 3. The molecule has 5 rings (SSSR count). The molecule has 0 saturated heterocycles. The smallest absolute Gasteiger partial charge is 0.408 e. The second-order valence-electron chi connectivity index (χ2n) is 10.7. The molecule has 0 saturated carbocycles. The van der Waals surface area contributed by atoms with Crippen molar-refractivity contribution in [2.75, 3.05) is 20.3 Å². The summed E-state index contributed by atoms with van der Waals surface area (Å²) in [4.78, 5) is 37.6. The number of hydrogen-bond acceptors (Lipinski definition) is 9. The highest BCUT2D eigenvalue weighted by Crippen LogP contribution is 2.44. The lowest BCUT2D eigenvalue weighted by Crippen LogP contribution is -2.32. The van der Waals surface area contributed by atoms with Crippen LogP contribution in [0.1, 0.15) is 66.7 Å². The van der Waals surface area contributed by atoms with Gasteiger partial charge in [0.25, 0.3) is 0 Å². The first kappa shape index (κ1) is 31.2. The number of nitrogens with one attached hydrogen (secondary N) is 2. The minimum Gasteiger partial charge on any atom is -0.467 e. The molecule has 3 aromatic carbocycles. The van der Waals surface area contributed by atoms with Gasteiger partial charge in [0.05, 0.1) is 13.2 Å². The molecule has 1 aliphatic rings. The molecule has 2 atom stereocenters. The Balaban J connectivity index is 1.08. The van der Waals surface area contributed by atoms with E-state index in [1.54, 1.807) is 6.92 Å². The van der Waals surface area contributed by atoms with Crippen LogP contribution in [-0.2, 0) is 25.6 Å². The third-order valence-corrected chi connectivity index (χ3v) is 7.74. The molecule has 2 N–H and O–H groups in total. The Bertz CT molecular complexity index is 1560. The summed E-state index contributed by atoms with van der Waals surface area (Å²) in [5, 5.41) is 17.2. The Morgan fingerprint density at radius 2 is 1.53 bits per heavy atom. The van der Waals surface area contributed by atoms with Crippen LogP contribution < -0.4 is 10.6 Å². The van der Waals surface area contributed by atoms with Gasteiger partial charge in [-0.1, -0.05) is 78.9 Å². The quantitative estimate of drug-likeness (QED) is 0.120. The molecule has 0 fully saturated rings. The number of amides is 2. The zero-order valence-corrected chi connectivity index (χ0v) is 25.2. The number of alkyl carbamates (subject to hydrolysis) is 2. The molecular formula is C33H36N6O6. The molecule has 2 amide bonds. The molecule has 1 aliphatic carbocycles. The van der Waals surface area contributed by atoms with Gasteiger partial charge in [-0.15, -0.1) is 5.10 Å². The number of esters is 1. The molecular weight excluding hydrogens is 576 g/mol. The van der Waals surface area contributed by atoms with Gasteiger partial charge in [-0.25, -0.2) is 19.1 Å². The van der Waals surface area contributed by atoms with Crippen LogP contribution in [0, 0.1) is 0 Å². The van der Waals surface area contributed by atoms with Crippen LogP contribution in [0.2, 0.25) is 0 Å². The normalized spacial score (nSPS) is 13.2. The molecule has 0 unspecified atom stereocenters. The Labute approximate surface area is 261 Å². The van der Waals surface area contributed by atoms with E-state index >= 15 is 0 Å². The SMILES string of the molecule is COC(=O)[C@H](CCCCNC(=O)OCC1c2ccccc2-c2ccccc21)n1nnnc1[C@H](C)NC(=O)OCc1ccccc1. The average Bonchev–Trinajstić information content (AvgIpc) is 3.68. The van der Waals surface area contributed by atoms with Crippen molar-refractivity contribution in [3.05, 3.63) is 101 Å². The second kappa shape index (κ2) is 15.0. The number of hydrogen-bond donors (Lipinski definition) is 2. The standard InChI is InChI=1S/C33H36N6O6/c1-22(35-33(42)44-20-23-12-4-3-5-13-23)30-36-37-38-39(30)29(31(40)43-2)18-10-11-19-34-32(41)45-21-28-26-16-8-6-14-24(26)25-15-7-9-17-27(25)28/h3-9,12-17,22,28-29H,10-11,18-21H2,1-2H3,(H,34,41)(H,35,42)/t22-,29-/m0/s1. The zero-order chi connectivity index (χ0) is 31.6. The van der Waals surface area contributed by atoms with Gasteiger partial charge >= 0.3 is 18.2 Å². The summed E-state index contributed by atoms with van der Waals surface area (Å²) >= 11 is 0. The van der Waals surface area contributed by atoms with Crippen LogP contribution in [0.4, 0.5) is 9.59 Å². The monoisotopic (exact) mass is 612 g/mol. The summed E-state index contributed by atoms with van der Waals surface area (Å²) in [5.41, 5.74) is 5.48. The molecule has 4 aromatic rings. The number of carbonyl (C=O) groups is 3. The van der Waals surface area contributed by atoms with Crippen molar-refractivity contribution < 1.29 is 28.6 Å². The first-order valence-electron chi connectivity index (χ1n) is 14.9. The summed E-state index contributed by atoms with van der Waals surface area (Å²) in [6, 6.07) is 24.2. The molecule has 0 spiro atoms. The van der Waals surface area contributed by atoms with Gasteiger partial charge in [0.15, 0.2) is 11.9 Å². The van der Waals surface area contributed by atoms with Crippen LogP contribution in [0.15, 0.2) is 78.9 Å². The summed E-state index contributed by atoms with van der Waals surface area (Å²) in [5.74, 6) is -0.261. The van der Waals surface area contributed by atoms with Crippen LogP contribution in [0.3, 0.4) is 0 Å². The Morgan fingerprint density at radius 3 is 2.22 bits per heavy atom. The predicted molar refractivity (Wildman–Crippen MR) is 164 cm³/mol. The lowest BCUT2D eigenvalue weighted by Gasteiger charge is -2.19. The van der Waals surface area contributed by atoms with Crippen molar-refractivity contribution >= 4 is 18.2 Å². The molecule has 0 aliphatic heterocycles. The van der Waals surface area contributed by atoms with E-state index in [9.17, 15) is 14.4 Å². The number of methoxy groups -OCH3 is 1. The van der Waals surface area contributed by atoms with E-state index in [1.807, 2.05) is 54.6 Å². The molecule has 1 aromatic heterocycles. The van der Waals surface area contributed by atoms with E-state index < -0.39 is 30.2 Å². The fourth-order valence-corrected chi connectivity index (χ4v) is 5.49. The van der Waals surface area contributed by atoms with Crippen molar-refractivity contribution in [2.24, 2.45) is 0 Å². The predicted octanol–water partition coefficient (Wildman–Crippen LogP) is 5.08. The van der Waals surface area contributed by atoms with Crippen molar-refractivity contribution in [3.63, 3.8) is 0 Å². The highest BCUT2D eigenvalue weighted by Gasteiger charge is 2.30. The zero-order valence-electron chi connectivity index (χ0n) is 25.2. The Morgan fingerprint density at radius 1 is 0.867 bits per heavy atom. The number of ether oxygens (including phenoxy) is 3. The molecule has 0 bridgehead atoms. The lowest BCUT2D eigenvalue weighted by atomic mass is 9.98.